The third-order valence-electron chi connectivity index (χ3n) is 7.59. The molecule has 1 aromatic rings. The number of nitrogens with one attached hydrogen (secondary N) is 1. The summed E-state index contributed by atoms with van der Waals surface area (Å²) in [5.74, 6) is -2.66. The third kappa shape index (κ3) is 2.31. The van der Waals surface area contributed by atoms with Crippen LogP contribution in [0.3, 0.4) is 0 Å². The number of aromatic amines is 1. The largest absolute Gasteiger partial charge is 0.480 e. The lowest BCUT2D eigenvalue weighted by Gasteiger charge is -2.47. The number of H-pyrrole nitrogens is 1. The SMILES string of the molecule is CC(C)[C@H](C(=O)O)N1C(=O)[C@@H]2[C@@H]3C[C@H]([C@H]4Sc5[nH]c(=O)sc5C(C)(C)[C@H]34)[C@@H]2C1=O. The second-order valence-corrected chi connectivity index (χ2v) is 11.9. The number of nitrogens with zero attached hydrogens (tertiary/aromatic N) is 1. The quantitative estimate of drug-likeness (QED) is 0.703. The van der Waals surface area contributed by atoms with E-state index in [0.717, 1.165) is 21.2 Å². The molecule has 0 unspecified atom stereocenters. The number of thioether (sulfide) groups is 1. The smallest absolute Gasteiger partial charge is 0.327 e. The number of hydrogen-bond acceptors (Lipinski definition) is 6. The molecule has 9 heteroatoms. The molecular formula is C20H24N2O5S2. The molecule has 1 aromatic heterocycles. The lowest BCUT2D eigenvalue weighted by Crippen LogP contribution is -2.49. The van der Waals surface area contributed by atoms with Crippen LogP contribution in [0.1, 0.15) is 39.0 Å². The van der Waals surface area contributed by atoms with Crippen molar-refractivity contribution in [2.24, 2.45) is 35.5 Å². The molecule has 7 nitrogen and oxygen atoms in total. The van der Waals surface area contributed by atoms with Gasteiger partial charge in [-0.3, -0.25) is 19.3 Å². The average molecular weight is 437 g/mol. The molecule has 2 saturated carbocycles. The number of aromatic nitrogens is 1. The van der Waals surface area contributed by atoms with Crippen LogP contribution < -0.4 is 4.87 Å². The number of aliphatic carboxylic acids is 1. The lowest BCUT2D eigenvalue weighted by molar-refractivity contribution is -0.157. The second kappa shape index (κ2) is 5.97. The average Bonchev–Trinajstić information content (AvgIpc) is 3.32. The first-order chi connectivity index (χ1) is 13.6. The number of hydrogen-bond donors (Lipinski definition) is 2. The molecule has 0 aromatic carbocycles. The monoisotopic (exact) mass is 436 g/mol. The zero-order chi connectivity index (χ0) is 21.0. The minimum Gasteiger partial charge on any atom is -0.480 e. The first-order valence-electron chi connectivity index (χ1n) is 10.1. The zero-order valence-corrected chi connectivity index (χ0v) is 18.3. The highest BCUT2D eigenvalue weighted by molar-refractivity contribution is 8.00. The van der Waals surface area contributed by atoms with E-state index >= 15 is 0 Å². The molecule has 0 spiro atoms. The Morgan fingerprint density at radius 2 is 1.79 bits per heavy atom. The number of carbonyl (C=O) groups excluding carboxylic acids is 2. The number of thiazole rings is 1. The van der Waals surface area contributed by atoms with Crippen LogP contribution in [0.25, 0.3) is 0 Å². The molecule has 0 radical (unpaired) electrons. The van der Waals surface area contributed by atoms with Crippen molar-refractivity contribution in [1.82, 2.24) is 9.88 Å². The predicted octanol–water partition coefficient (Wildman–Crippen LogP) is 2.16. The Morgan fingerprint density at radius 1 is 1.17 bits per heavy atom. The van der Waals surface area contributed by atoms with Gasteiger partial charge in [0.2, 0.25) is 11.8 Å². The van der Waals surface area contributed by atoms with E-state index in [1.165, 1.54) is 11.3 Å². The lowest BCUT2D eigenvalue weighted by atomic mass is 9.64. The van der Waals surface area contributed by atoms with Crippen molar-refractivity contribution < 1.29 is 19.5 Å². The maximum Gasteiger partial charge on any atom is 0.327 e. The van der Waals surface area contributed by atoms with Gasteiger partial charge in [0.25, 0.3) is 0 Å². The third-order valence-corrected chi connectivity index (χ3v) is 10.4. The van der Waals surface area contributed by atoms with Gasteiger partial charge in [-0.1, -0.05) is 39.0 Å². The summed E-state index contributed by atoms with van der Waals surface area (Å²) < 4.78 is 0. The van der Waals surface area contributed by atoms with Crippen molar-refractivity contribution in [1.29, 1.82) is 0 Å². The second-order valence-electron chi connectivity index (χ2n) is 9.69. The van der Waals surface area contributed by atoms with Gasteiger partial charge >= 0.3 is 10.8 Å². The van der Waals surface area contributed by atoms with Gasteiger partial charge in [-0.2, -0.15) is 0 Å². The van der Waals surface area contributed by atoms with Crippen LogP contribution in [0.5, 0.6) is 0 Å². The summed E-state index contributed by atoms with van der Waals surface area (Å²) >= 11 is 2.89. The van der Waals surface area contributed by atoms with Crippen molar-refractivity contribution in [3.63, 3.8) is 0 Å². The minimum atomic E-state index is -1.12. The number of carbonyl (C=O) groups is 3. The maximum absolute atomic E-state index is 13.4. The van der Waals surface area contributed by atoms with E-state index in [2.05, 4.69) is 18.8 Å². The van der Waals surface area contributed by atoms with Crippen molar-refractivity contribution in [3.05, 3.63) is 14.5 Å². The molecule has 3 heterocycles. The molecule has 1 saturated heterocycles. The Morgan fingerprint density at radius 3 is 2.38 bits per heavy atom. The van der Waals surface area contributed by atoms with Crippen molar-refractivity contribution >= 4 is 40.9 Å². The van der Waals surface area contributed by atoms with Gasteiger partial charge in [0, 0.05) is 15.5 Å². The summed E-state index contributed by atoms with van der Waals surface area (Å²) in [5, 5.41) is 10.7. The Kier molecular flexibility index (Phi) is 3.98. The molecule has 156 valence electrons. The number of amides is 2. The first kappa shape index (κ1) is 19.4. The highest BCUT2D eigenvalue weighted by atomic mass is 32.2. The van der Waals surface area contributed by atoms with Crippen LogP contribution in [0.15, 0.2) is 9.82 Å². The highest BCUT2D eigenvalue weighted by Gasteiger charge is 2.71. The number of imide groups is 1. The number of likely N-dealkylation sites (tertiary alicyclic amines) is 1. The summed E-state index contributed by atoms with van der Waals surface area (Å²) in [4.78, 5) is 55.4. The molecule has 29 heavy (non-hydrogen) atoms. The summed E-state index contributed by atoms with van der Waals surface area (Å²) in [7, 11) is 0. The van der Waals surface area contributed by atoms with Crippen molar-refractivity contribution in [3.8, 4) is 0 Å². The van der Waals surface area contributed by atoms with E-state index < -0.39 is 23.8 Å². The molecule has 2 N–H and O–H groups in total. The van der Waals surface area contributed by atoms with Gasteiger partial charge < -0.3 is 10.1 Å². The molecule has 2 amide bonds. The molecule has 2 bridgehead atoms. The fourth-order valence-electron chi connectivity index (χ4n) is 6.64. The molecule has 2 aliphatic carbocycles. The zero-order valence-electron chi connectivity index (χ0n) is 16.7. The standard InChI is InChI=1S/C20H24N2O5S2/c1-6(2)12(18(25)26)22-16(23)9-7-5-8(10(9)17(22)24)13-11(7)20(3,4)14-15(28-13)21-19(27)29-14/h6-13H,5H2,1-4H3,(H,21,27)(H,25,26)/t7-,8-,9+,10-,11+,12+,13+/m0/s1. The van der Waals surface area contributed by atoms with Crippen LogP contribution in [-0.2, 0) is 19.8 Å². The van der Waals surface area contributed by atoms with E-state index in [1.54, 1.807) is 25.6 Å². The summed E-state index contributed by atoms with van der Waals surface area (Å²) in [6, 6.07) is -1.11. The van der Waals surface area contributed by atoms with Crippen LogP contribution in [0.2, 0.25) is 0 Å². The molecular weight excluding hydrogens is 412 g/mol. The molecule has 3 fully saturated rings. The van der Waals surface area contributed by atoms with E-state index in [9.17, 15) is 24.3 Å². The van der Waals surface area contributed by atoms with Crippen LogP contribution in [-0.4, -0.2) is 44.1 Å². The molecule has 2 aliphatic heterocycles. The fourth-order valence-corrected chi connectivity index (χ4v) is 9.80. The van der Waals surface area contributed by atoms with Gasteiger partial charge in [-0.15, -0.1) is 11.8 Å². The van der Waals surface area contributed by atoms with Gasteiger partial charge in [0.15, 0.2) is 0 Å². The summed E-state index contributed by atoms with van der Waals surface area (Å²) in [6.07, 6.45) is 0.824. The summed E-state index contributed by atoms with van der Waals surface area (Å²) in [5.41, 5.74) is -0.263. The van der Waals surface area contributed by atoms with Gasteiger partial charge in [0.1, 0.15) is 6.04 Å². The molecule has 7 atom stereocenters. The predicted molar refractivity (Wildman–Crippen MR) is 108 cm³/mol. The Balaban J connectivity index is 1.56. The van der Waals surface area contributed by atoms with Crippen LogP contribution in [0.4, 0.5) is 0 Å². The van der Waals surface area contributed by atoms with E-state index in [1.807, 2.05) is 0 Å². The van der Waals surface area contributed by atoms with Gasteiger partial charge in [-0.25, -0.2) is 4.79 Å². The van der Waals surface area contributed by atoms with Crippen molar-refractivity contribution in [2.45, 2.75) is 55.8 Å². The highest BCUT2D eigenvalue weighted by Crippen LogP contribution is 2.69. The molecule has 5 rings (SSSR count). The topological polar surface area (TPSA) is 108 Å². The normalized spacial score (nSPS) is 37.6. The Labute approximate surface area is 176 Å². The number of carboxylic acid groups (broad SMARTS) is 1. The van der Waals surface area contributed by atoms with E-state index in [4.69, 9.17) is 0 Å². The Bertz CT molecular complexity index is 995. The fraction of sp³-hybridized carbons (Fsp3) is 0.700. The molecule has 4 aliphatic rings. The summed E-state index contributed by atoms with van der Waals surface area (Å²) in [6.45, 7) is 7.73. The van der Waals surface area contributed by atoms with E-state index in [0.29, 0.717) is 0 Å². The van der Waals surface area contributed by atoms with Gasteiger partial charge in [0.05, 0.1) is 16.9 Å². The first-order valence-corrected chi connectivity index (χ1v) is 11.7. The number of carboxylic acids is 1. The van der Waals surface area contributed by atoms with Crippen LogP contribution >= 0.6 is 23.1 Å². The van der Waals surface area contributed by atoms with Crippen molar-refractivity contribution in [2.75, 3.05) is 0 Å². The van der Waals surface area contributed by atoms with E-state index in [-0.39, 0.29) is 51.0 Å². The van der Waals surface area contributed by atoms with Gasteiger partial charge in [-0.05, 0) is 30.1 Å². The minimum absolute atomic E-state index is 0.0406. The maximum atomic E-state index is 13.4. The Hall–Kier alpha value is -1.61. The van der Waals surface area contributed by atoms with Crippen LogP contribution in [0, 0.1) is 35.5 Å². The number of rotatable bonds is 3. The number of fused-ring (bicyclic) bond motifs is 9.